The summed E-state index contributed by atoms with van der Waals surface area (Å²) in [6.07, 6.45) is 1.87. The molecule has 0 aromatic heterocycles. The zero-order valence-corrected chi connectivity index (χ0v) is 6.91. The molecule has 1 aromatic rings. The summed E-state index contributed by atoms with van der Waals surface area (Å²) in [6, 6.07) is 6.18. The lowest BCUT2D eigenvalue weighted by Crippen LogP contribution is -1.94. The summed E-state index contributed by atoms with van der Waals surface area (Å²) in [6.45, 7) is 0. The average molecular weight is 162 g/mol. The number of methoxy groups -OCH3 is 1. The smallest absolute Gasteiger partial charge is 0.122 e. The van der Waals surface area contributed by atoms with Gasteiger partial charge in [-0.15, -0.1) is 0 Å². The van der Waals surface area contributed by atoms with E-state index in [2.05, 4.69) is 6.07 Å². The molecule has 62 valence electrons. The minimum Gasteiger partial charge on any atom is -0.496 e. The molecule has 2 nitrogen and oxygen atoms in total. The van der Waals surface area contributed by atoms with Gasteiger partial charge in [-0.3, -0.25) is 0 Å². The van der Waals surface area contributed by atoms with Gasteiger partial charge in [-0.2, -0.15) is 0 Å². The first kappa shape index (κ1) is 6.49. The molecular formula is C10H10O2. The van der Waals surface area contributed by atoms with Gasteiger partial charge in [0.25, 0.3) is 0 Å². The Morgan fingerprint density at radius 1 is 1.50 bits per heavy atom. The van der Waals surface area contributed by atoms with Crippen molar-refractivity contribution in [3.63, 3.8) is 0 Å². The molecule has 0 unspecified atom stereocenters. The van der Waals surface area contributed by atoms with Crippen LogP contribution in [0.5, 0.6) is 5.75 Å². The van der Waals surface area contributed by atoms with E-state index >= 15 is 0 Å². The summed E-state index contributed by atoms with van der Waals surface area (Å²) in [5.74, 6) is 1.02. The van der Waals surface area contributed by atoms with Crippen molar-refractivity contribution in [1.82, 2.24) is 0 Å². The molecule has 0 amide bonds. The van der Waals surface area contributed by atoms with Gasteiger partial charge in [0.05, 0.1) is 13.2 Å². The molecule has 2 heteroatoms. The van der Waals surface area contributed by atoms with Crippen molar-refractivity contribution in [1.29, 1.82) is 0 Å². The molecule has 1 aliphatic carbocycles. The Hall–Kier alpha value is -1.02. The lowest BCUT2D eigenvalue weighted by Gasteiger charge is -2.07. The van der Waals surface area contributed by atoms with E-state index in [-0.39, 0.29) is 0 Å². The Bertz CT molecular complexity index is 333. The number of ether oxygens (including phenoxy) is 2. The Morgan fingerprint density at radius 3 is 3.25 bits per heavy atom. The molecule has 1 aliphatic heterocycles. The van der Waals surface area contributed by atoms with E-state index in [1.807, 2.05) is 12.1 Å². The van der Waals surface area contributed by atoms with Crippen molar-refractivity contribution in [2.75, 3.05) is 7.11 Å². The van der Waals surface area contributed by atoms with Crippen LogP contribution >= 0.6 is 0 Å². The second-order valence-corrected chi connectivity index (χ2v) is 3.33. The molecule has 1 fully saturated rings. The summed E-state index contributed by atoms with van der Waals surface area (Å²) < 4.78 is 10.7. The summed E-state index contributed by atoms with van der Waals surface area (Å²) in [5, 5.41) is 0. The van der Waals surface area contributed by atoms with Gasteiger partial charge < -0.3 is 9.47 Å². The molecule has 12 heavy (non-hydrogen) atoms. The first-order valence-electron chi connectivity index (χ1n) is 4.21. The van der Waals surface area contributed by atoms with E-state index in [4.69, 9.17) is 9.47 Å². The second-order valence-electron chi connectivity index (χ2n) is 3.33. The quantitative estimate of drug-likeness (QED) is 0.586. The molecule has 0 radical (unpaired) electrons. The highest BCUT2D eigenvalue weighted by molar-refractivity contribution is 5.48. The number of hydrogen-bond acceptors (Lipinski definition) is 2. The molecule has 3 rings (SSSR count). The highest BCUT2D eigenvalue weighted by Crippen LogP contribution is 2.50. The van der Waals surface area contributed by atoms with Crippen LogP contribution in [0.3, 0.4) is 0 Å². The van der Waals surface area contributed by atoms with Crippen LogP contribution < -0.4 is 4.74 Å². The van der Waals surface area contributed by atoms with E-state index in [1.165, 1.54) is 11.1 Å². The predicted molar refractivity (Wildman–Crippen MR) is 44.3 cm³/mol. The highest BCUT2D eigenvalue weighted by Gasteiger charge is 2.48. The van der Waals surface area contributed by atoms with Gasteiger partial charge in [0.15, 0.2) is 0 Å². The zero-order chi connectivity index (χ0) is 8.13. The van der Waals surface area contributed by atoms with Crippen molar-refractivity contribution in [2.45, 2.75) is 18.6 Å². The van der Waals surface area contributed by atoms with E-state index in [0.29, 0.717) is 12.2 Å². The standard InChI is InChI=1S/C10H10O2/c1-11-8-4-2-3-6-7(8)5-9-10(6)12-9/h2-4,9-10H,5H2,1H3/t9-,10-/m1/s1. The number of fused-ring (bicyclic) bond motifs is 3. The van der Waals surface area contributed by atoms with Crippen LogP contribution in [0, 0.1) is 0 Å². The molecule has 1 heterocycles. The monoisotopic (exact) mass is 162 g/mol. The fourth-order valence-electron chi connectivity index (χ4n) is 2.03. The van der Waals surface area contributed by atoms with E-state index in [9.17, 15) is 0 Å². The van der Waals surface area contributed by atoms with Crippen LogP contribution in [0.2, 0.25) is 0 Å². The molecular weight excluding hydrogens is 152 g/mol. The number of benzene rings is 1. The maximum Gasteiger partial charge on any atom is 0.122 e. The van der Waals surface area contributed by atoms with Crippen molar-refractivity contribution in [3.05, 3.63) is 29.3 Å². The first-order valence-corrected chi connectivity index (χ1v) is 4.21. The van der Waals surface area contributed by atoms with Gasteiger partial charge in [0.1, 0.15) is 11.9 Å². The van der Waals surface area contributed by atoms with Gasteiger partial charge in [-0.25, -0.2) is 0 Å². The van der Waals surface area contributed by atoms with Gasteiger partial charge in [0, 0.05) is 12.0 Å². The van der Waals surface area contributed by atoms with Crippen molar-refractivity contribution in [3.8, 4) is 5.75 Å². The third-order valence-corrected chi connectivity index (χ3v) is 2.68. The Balaban J connectivity index is 2.16. The summed E-state index contributed by atoms with van der Waals surface area (Å²) in [4.78, 5) is 0. The number of rotatable bonds is 1. The van der Waals surface area contributed by atoms with Crippen molar-refractivity contribution >= 4 is 0 Å². The van der Waals surface area contributed by atoms with Crippen molar-refractivity contribution < 1.29 is 9.47 Å². The largest absolute Gasteiger partial charge is 0.496 e. The van der Waals surface area contributed by atoms with E-state index in [1.54, 1.807) is 7.11 Å². The van der Waals surface area contributed by atoms with Gasteiger partial charge in [0.2, 0.25) is 0 Å². The van der Waals surface area contributed by atoms with Gasteiger partial charge >= 0.3 is 0 Å². The molecule has 2 aliphatic rings. The lowest BCUT2D eigenvalue weighted by atomic mass is 10.1. The molecule has 0 saturated carbocycles. The fraction of sp³-hybridized carbons (Fsp3) is 0.400. The van der Waals surface area contributed by atoms with Gasteiger partial charge in [-0.05, 0) is 11.6 Å². The van der Waals surface area contributed by atoms with Crippen LogP contribution in [0.25, 0.3) is 0 Å². The number of epoxide rings is 1. The topological polar surface area (TPSA) is 21.8 Å². The maximum absolute atomic E-state index is 5.42. The Kier molecular flexibility index (Phi) is 1.09. The molecule has 0 bridgehead atoms. The summed E-state index contributed by atoms with van der Waals surface area (Å²) in [7, 11) is 1.72. The predicted octanol–water partition coefficient (Wildman–Crippen LogP) is 1.69. The Morgan fingerprint density at radius 2 is 2.42 bits per heavy atom. The Labute approximate surface area is 71.1 Å². The molecule has 0 spiro atoms. The van der Waals surface area contributed by atoms with Crippen molar-refractivity contribution in [2.24, 2.45) is 0 Å². The minimum atomic E-state index is 0.384. The highest BCUT2D eigenvalue weighted by atomic mass is 16.6. The van der Waals surface area contributed by atoms with Gasteiger partial charge in [-0.1, -0.05) is 12.1 Å². The summed E-state index contributed by atoms with van der Waals surface area (Å²) in [5.41, 5.74) is 2.68. The molecule has 0 N–H and O–H groups in total. The minimum absolute atomic E-state index is 0.384. The van der Waals surface area contributed by atoms with E-state index < -0.39 is 0 Å². The van der Waals surface area contributed by atoms with Crippen LogP contribution in [-0.4, -0.2) is 13.2 Å². The van der Waals surface area contributed by atoms with Crippen LogP contribution in [0.1, 0.15) is 17.2 Å². The first-order chi connectivity index (χ1) is 5.90. The zero-order valence-electron chi connectivity index (χ0n) is 6.91. The molecule has 1 aromatic carbocycles. The van der Waals surface area contributed by atoms with Crippen LogP contribution in [0.15, 0.2) is 18.2 Å². The fourth-order valence-corrected chi connectivity index (χ4v) is 2.03. The normalized spacial score (nSPS) is 29.4. The molecule has 2 atom stereocenters. The summed E-state index contributed by atoms with van der Waals surface area (Å²) >= 11 is 0. The average Bonchev–Trinajstić information content (AvgIpc) is 2.78. The maximum atomic E-state index is 5.42. The second kappa shape index (κ2) is 2.02. The molecule has 1 saturated heterocycles. The van der Waals surface area contributed by atoms with Crippen LogP contribution in [-0.2, 0) is 11.2 Å². The third-order valence-electron chi connectivity index (χ3n) is 2.68. The number of hydrogen-bond donors (Lipinski definition) is 0. The lowest BCUT2D eigenvalue weighted by molar-refractivity contribution is 0.352. The third kappa shape index (κ3) is 0.681. The van der Waals surface area contributed by atoms with Crippen LogP contribution in [0.4, 0.5) is 0 Å². The van der Waals surface area contributed by atoms with E-state index in [0.717, 1.165) is 12.2 Å². The SMILES string of the molecule is COc1cccc2c1C[C@H]1O[C@H]21.